The Bertz CT molecular complexity index is 755. The van der Waals surface area contributed by atoms with Crippen LogP contribution >= 0.6 is 0 Å². The van der Waals surface area contributed by atoms with Gasteiger partial charge in [-0.3, -0.25) is 4.99 Å². The van der Waals surface area contributed by atoms with Crippen LogP contribution in [-0.4, -0.2) is 43.0 Å². The van der Waals surface area contributed by atoms with Gasteiger partial charge in [-0.2, -0.15) is 0 Å². The number of anilines is 1. The summed E-state index contributed by atoms with van der Waals surface area (Å²) in [6.07, 6.45) is 4.34. The summed E-state index contributed by atoms with van der Waals surface area (Å²) >= 11 is 0. The Morgan fingerprint density at radius 2 is 2.04 bits per heavy atom. The lowest BCUT2D eigenvalue weighted by molar-refractivity contribution is 0.474. The summed E-state index contributed by atoms with van der Waals surface area (Å²) < 4.78 is 13.4. The van der Waals surface area contributed by atoms with E-state index in [-0.39, 0.29) is 5.82 Å². The quantitative estimate of drug-likeness (QED) is 0.661. The average molecular weight is 355 g/mol. The third-order valence-corrected chi connectivity index (χ3v) is 4.57. The van der Waals surface area contributed by atoms with Crippen LogP contribution in [0.3, 0.4) is 0 Å². The summed E-state index contributed by atoms with van der Waals surface area (Å²) in [6.45, 7) is 3.43. The molecule has 0 aliphatic carbocycles. The number of halogens is 1. The molecule has 1 aromatic heterocycles. The first-order chi connectivity index (χ1) is 12.7. The molecule has 0 radical (unpaired) electrons. The highest BCUT2D eigenvalue weighted by Gasteiger charge is 2.14. The second-order valence-electron chi connectivity index (χ2n) is 6.60. The van der Waals surface area contributed by atoms with Gasteiger partial charge in [-0.05, 0) is 48.2 Å². The Hall–Kier alpha value is -2.63. The number of hydrogen-bond donors (Lipinski definition) is 1. The molecule has 1 aliphatic heterocycles. The van der Waals surface area contributed by atoms with Crippen LogP contribution in [0.25, 0.3) is 0 Å². The zero-order valence-corrected chi connectivity index (χ0v) is 15.5. The minimum atomic E-state index is -0.218. The maximum absolute atomic E-state index is 13.4. The first-order valence-corrected chi connectivity index (χ1v) is 9.02. The summed E-state index contributed by atoms with van der Waals surface area (Å²) in [5, 5.41) is 3.37. The Morgan fingerprint density at radius 3 is 2.77 bits per heavy atom. The van der Waals surface area contributed by atoms with Crippen LogP contribution < -0.4 is 10.2 Å². The van der Waals surface area contributed by atoms with Gasteiger partial charge in [0, 0.05) is 46.5 Å². The number of benzene rings is 1. The highest BCUT2D eigenvalue weighted by molar-refractivity contribution is 5.79. The zero-order chi connectivity index (χ0) is 18.4. The Labute approximate surface area is 154 Å². The van der Waals surface area contributed by atoms with Crippen molar-refractivity contribution in [3.8, 4) is 0 Å². The van der Waals surface area contributed by atoms with Crippen molar-refractivity contribution in [2.24, 2.45) is 4.99 Å². The van der Waals surface area contributed by atoms with Crippen LogP contribution in [0.4, 0.5) is 10.2 Å². The first kappa shape index (κ1) is 18.2. The Kier molecular flexibility index (Phi) is 6.04. The fraction of sp³-hybridized carbons (Fsp3) is 0.400. The van der Waals surface area contributed by atoms with Gasteiger partial charge >= 0.3 is 0 Å². The number of aliphatic imine (C=N–C) groups is 1. The number of pyridine rings is 1. The molecule has 1 N–H and O–H groups in total. The number of aromatic nitrogens is 1. The molecular formula is C20H26FN5. The molecule has 0 unspecified atom stereocenters. The van der Waals surface area contributed by atoms with Gasteiger partial charge in [0.2, 0.25) is 0 Å². The third-order valence-electron chi connectivity index (χ3n) is 4.57. The number of hydrogen-bond acceptors (Lipinski definition) is 3. The van der Waals surface area contributed by atoms with Crippen LogP contribution in [0.5, 0.6) is 0 Å². The molecule has 1 saturated heterocycles. The molecule has 3 rings (SSSR count). The molecule has 1 aromatic carbocycles. The van der Waals surface area contributed by atoms with Gasteiger partial charge in [0.1, 0.15) is 11.6 Å². The number of nitrogens with one attached hydrogen (secondary N) is 1. The first-order valence-electron chi connectivity index (χ1n) is 9.02. The van der Waals surface area contributed by atoms with E-state index in [0.29, 0.717) is 13.1 Å². The van der Waals surface area contributed by atoms with E-state index in [0.717, 1.165) is 30.4 Å². The summed E-state index contributed by atoms with van der Waals surface area (Å²) in [4.78, 5) is 13.1. The minimum Gasteiger partial charge on any atom is -0.357 e. The summed E-state index contributed by atoms with van der Waals surface area (Å²) in [5.41, 5.74) is 2.08. The fourth-order valence-electron chi connectivity index (χ4n) is 3.24. The van der Waals surface area contributed by atoms with E-state index in [2.05, 4.69) is 26.3 Å². The standard InChI is InChI=1S/C20H26FN5/c1-22-20(25(2)15-17-6-5-7-18(21)12-17)24-14-16-8-9-23-19(13-16)26-10-3-4-11-26/h5-9,12-13H,3-4,10-11,14-15H2,1-2H3,(H,22,24). The SMILES string of the molecule is CN=C(NCc1ccnc(N2CCCC2)c1)N(C)Cc1cccc(F)c1. The highest BCUT2D eigenvalue weighted by Crippen LogP contribution is 2.18. The molecule has 6 heteroatoms. The molecule has 1 aliphatic rings. The molecule has 138 valence electrons. The van der Waals surface area contributed by atoms with Crippen molar-refractivity contribution in [2.45, 2.75) is 25.9 Å². The van der Waals surface area contributed by atoms with Gasteiger partial charge in [-0.15, -0.1) is 0 Å². The van der Waals surface area contributed by atoms with Crippen molar-refractivity contribution in [3.63, 3.8) is 0 Å². The summed E-state index contributed by atoms with van der Waals surface area (Å²) in [5.74, 6) is 1.60. The lowest BCUT2D eigenvalue weighted by Gasteiger charge is -2.22. The minimum absolute atomic E-state index is 0.218. The van der Waals surface area contributed by atoms with Gasteiger partial charge < -0.3 is 15.1 Å². The second-order valence-corrected chi connectivity index (χ2v) is 6.60. The van der Waals surface area contributed by atoms with Crippen LogP contribution in [0, 0.1) is 5.82 Å². The Balaban J connectivity index is 1.59. The normalized spacial score (nSPS) is 14.6. The maximum atomic E-state index is 13.4. The number of rotatable bonds is 5. The molecule has 2 heterocycles. The monoisotopic (exact) mass is 355 g/mol. The number of guanidine groups is 1. The van der Waals surface area contributed by atoms with Crippen molar-refractivity contribution >= 4 is 11.8 Å². The smallest absolute Gasteiger partial charge is 0.193 e. The van der Waals surface area contributed by atoms with Crippen molar-refractivity contribution in [1.82, 2.24) is 15.2 Å². The molecule has 0 saturated carbocycles. The third kappa shape index (κ3) is 4.71. The van der Waals surface area contributed by atoms with Crippen LogP contribution in [0.1, 0.15) is 24.0 Å². The molecule has 0 atom stereocenters. The topological polar surface area (TPSA) is 43.8 Å². The van der Waals surface area contributed by atoms with E-state index in [4.69, 9.17) is 0 Å². The predicted molar refractivity (Wildman–Crippen MR) is 104 cm³/mol. The van der Waals surface area contributed by atoms with Gasteiger partial charge in [-0.1, -0.05) is 12.1 Å². The van der Waals surface area contributed by atoms with E-state index < -0.39 is 0 Å². The van der Waals surface area contributed by atoms with Crippen molar-refractivity contribution in [1.29, 1.82) is 0 Å². The molecular weight excluding hydrogens is 329 g/mol. The van der Waals surface area contributed by atoms with Gasteiger partial charge in [-0.25, -0.2) is 9.37 Å². The molecule has 26 heavy (non-hydrogen) atoms. The molecule has 2 aromatic rings. The van der Waals surface area contributed by atoms with Crippen molar-refractivity contribution in [2.75, 3.05) is 32.1 Å². The van der Waals surface area contributed by atoms with Gasteiger partial charge in [0.25, 0.3) is 0 Å². The Morgan fingerprint density at radius 1 is 1.23 bits per heavy atom. The maximum Gasteiger partial charge on any atom is 0.193 e. The molecule has 0 amide bonds. The van der Waals surface area contributed by atoms with E-state index in [9.17, 15) is 4.39 Å². The summed E-state index contributed by atoms with van der Waals surface area (Å²) in [7, 11) is 3.70. The second kappa shape index (κ2) is 8.65. The molecule has 0 bridgehead atoms. The van der Waals surface area contributed by atoms with Crippen molar-refractivity contribution < 1.29 is 4.39 Å². The van der Waals surface area contributed by atoms with Gasteiger partial charge in [0.05, 0.1) is 0 Å². The van der Waals surface area contributed by atoms with E-state index in [1.807, 2.05) is 30.3 Å². The lowest BCUT2D eigenvalue weighted by Crippen LogP contribution is -2.38. The number of nitrogens with zero attached hydrogens (tertiary/aromatic N) is 4. The van der Waals surface area contributed by atoms with Crippen LogP contribution in [0.15, 0.2) is 47.6 Å². The fourth-order valence-corrected chi connectivity index (χ4v) is 3.24. The molecule has 1 fully saturated rings. The largest absolute Gasteiger partial charge is 0.357 e. The van der Waals surface area contributed by atoms with E-state index >= 15 is 0 Å². The lowest BCUT2D eigenvalue weighted by atomic mass is 10.2. The van der Waals surface area contributed by atoms with E-state index in [1.165, 1.54) is 24.5 Å². The highest BCUT2D eigenvalue weighted by atomic mass is 19.1. The predicted octanol–water partition coefficient (Wildman–Crippen LogP) is 3.03. The molecule has 0 spiro atoms. The van der Waals surface area contributed by atoms with Crippen molar-refractivity contribution in [3.05, 3.63) is 59.5 Å². The molecule has 5 nitrogen and oxygen atoms in total. The van der Waals surface area contributed by atoms with Crippen LogP contribution in [-0.2, 0) is 13.1 Å². The average Bonchev–Trinajstić information content (AvgIpc) is 3.17. The van der Waals surface area contributed by atoms with Crippen LogP contribution in [0.2, 0.25) is 0 Å². The summed E-state index contributed by atoms with van der Waals surface area (Å²) in [6, 6.07) is 10.8. The van der Waals surface area contributed by atoms with Gasteiger partial charge in [0.15, 0.2) is 5.96 Å². The zero-order valence-electron chi connectivity index (χ0n) is 15.5. The van der Waals surface area contributed by atoms with E-state index in [1.54, 1.807) is 19.2 Å².